The number of rotatable bonds is 15. The number of nitrogens with zero attached hydrogens (tertiary/aromatic N) is 1. The summed E-state index contributed by atoms with van der Waals surface area (Å²) in [6.07, 6.45) is 9.43. The summed E-state index contributed by atoms with van der Waals surface area (Å²) in [5, 5.41) is 12.1. The Balaban J connectivity index is 1.74. The molecule has 44 heavy (non-hydrogen) atoms. The van der Waals surface area contributed by atoms with Gasteiger partial charge in [0.25, 0.3) is 0 Å². The number of likely N-dealkylation sites (N-methyl/N-ethyl adjacent to an activating group) is 1. The third-order valence-electron chi connectivity index (χ3n) is 8.89. The van der Waals surface area contributed by atoms with Crippen LogP contribution >= 0.6 is 0 Å². The third kappa shape index (κ3) is 9.87. The van der Waals surface area contributed by atoms with Gasteiger partial charge >= 0.3 is 0 Å². The number of amides is 4. The van der Waals surface area contributed by atoms with Crippen molar-refractivity contribution < 1.29 is 24.0 Å². The average molecular weight is 612 g/mol. The van der Waals surface area contributed by atoms with Crippen LogP contribution in [0.3, 0.4) is 0 Å². The van der Waals surface area contributed by atoms with Crippen LogP contribution in [0.2, 0.25) is 0 Å². The first-order valence-corrected chi connectivity index (χ1v) is 16.4. The van der Waals surface area contributed by atoms with E-state index in [1.807, 2.05) is 32.9 Å². The molecule has 2 aliphatic rings. The minimum Gasteiger partial charge on any atom is -0.351 e. The van der Waals surface area contributed by atoms with Gasteiger partial charge < -0.3 is 31.0 Å². The third-order valence-corrected chi connectivity index (χ3v) is 8.89. The van der Waals surface area contributed by atoms with Gasteiger partial charge in [0, 0.05) is 25.4 Å². The maximum atomic E-state index is 14.2. The van der Waals surface area contributed by atoms with Crippen LogP contribution in [0, 0.1) is 5.41 Å². The van der Waals surface area contributed by atoms with Gasteiger partial charge in [0.2, 0.25) is 23.6 Å². The second-order valence-electron chi connectivity index (χ2n) is 13.4. The fraction of sp³-hybridized carbons (Fsp3) is 0.676. The normalized spacial score (nSPS) is 21.1. The molecule has 0 bridgehead atoms. The van der Waals surface area contributed by atoms with Crippen LogP contribution in [0.1, 0.15) is 109 Å². The van der Waals surface area contributed by atoms with Crippen molar-refractivity contribution in [1.82, 2.24) is 26.2 Å². The van der Waals surface area contributed by atoms with Crippen molar-refractivity contribution >= 4 is 29.9 Å². The first-order chi connectivity index (χ1) is 21.0. The molecule has 0 radical (unpaired) electrons. The molecular weight excluding hydrogens is 558 g/mol. The molecule has 1 fully saturated rings. The van der Waals surface area contributed by atoms with Gasteiger partial charge in [0.15, 0.2) is 0 Å². The molecule has 5 atom stereocenters. The molecule has 4 N–H and O–H groups in total. The number of unbranched alkanes of at least 4 members (excludes halogenated alkanes) is 5. The van der Waals surface area contributed by atoms with E-state index in [1.165, 1.54) is 5.56 Å². The van der Waals surface area contributed by atoms with E-state index in [-0.39, 0.29) is 42.3 Å². The largest absolute Gasteiger partial charge is 0.351 e. The van der Waals surface area contributed by atoms with Crippen LogP contribution in [-0.4, -0.2) is 72.6 Å². The van der Waals surface area contributed by atoms with Crippen molar-refractivity contribution in [1.29, 1.82) is 0 Å². The minimum absolute atomic E-state index is 0.0962. The molecule has 1 saturated heterocycles. The van der Waals surface area contributed by atoms with Crippen molar-refractivity contribution in [3.8, 4) is 0 Å². The first kappa shape index (κ1) is 35.2. The molecule has 0 saturated carbocycles. The molecule has 10 nitrogen and oxygen atoms in total. The summed E-state index contributed by atoms with van der Waals surface area (Å²) < 4.78 is 0. The van der Waals surface area contributed by atoms with E-state index in [0.717, 1.165) is 63.2 Å². The van der Waals surface area contributed by atoms with Crippen LogP contribution in [0.15, 0.2) is 24.3 Å². The molecule has 1 aliphatic carbocycles. The molecular formula is C34H53N5O5. The van der Waals surface area contributed by atoms with Crippen molar-refractivity contribution in [3.63, 3.8) is 0 Å². The van der Waals surface area contributed by atoms with E-state index in [1.54, 1.807) is 18.9 Å². The van der Waals surface area contributed by atoms with Crippen LogP contribution in [0.25, 0.3) is 0 Å². The Morgan fingerprint density at radius 3 is 2.43 bits per heavy atom. The Morgan fingerprint density at radius 2 is 1.73 bits per heavy atom. The SMILES string of the molecule is CN[C@@H](C)C(=O)N[C@H](C(=O)N1C[C@@H](NC(=O)CCCCCCCC=O)C[C@H]1C(=O)N[C@@H]1CCCc2ccccc21)C(C)(C)C. The zero-order valence-corrected chi connectivity index (χ0v) is 27.2. The number of benzene rings is 1. The highest BCUT2D eigenvalue weighted by Gasteiger charge is 2.45. The Hall–Kier alpha value is -3.27. The maximum Gasteiger partial charge on any atom is 0.246 e. The number of nitrogens with one attached hydrogen (secondary N) is 4. The number of carbonyl (C=O) groups is 5. The van der Waals surface area contributed by atoms with Crippen molar-refractivity contribution in [2.24, 2.45) is 5.41 Å². The molecule has 1 aliphatic heterocycles. The Bertz CT molecular complexity index is 1150. The number of likely N-dealkylation sites (tertiary alicyclic amines) is 1. The van der Waals surface area contributed by atoms with E-state index < -0.39 is 23.5 Å². The lowest BCUT2D eigenvalue weighted by Crippen LogP contribution is -2.59. The Morgan fingerprint density at radius 1 is 1.02 bits per heavy atom. The first-order valence-electron chi connectivity index (χ1n) is 16.4. The lowest BCUT2D eigenvalue weighted by Gasteiger charge is -2.36. The molecule has 0 spiro atoms. The smallest absolute Gasteiger partial charge is 0.246 e. The highest BCUT2D eigenvalue weighted by atomic mass is 16.2. The lowest BCUT2D eigenvalue weighted by molar-refractivity contribution is -0.144. The fourth-order valence-corrected chi connectivity index (χ4v) is 6.16. The summed E-state index contributed by atoms with van der Waals surface area (Å²) in [6, 6.07) is 5.50. The monoisotopic (exact) mass is 611 g/mol. The zero-order valence-electron chi connectivity index (χ0n) is 27.2. The molecule has 10 heteroatoms. The Kier molecular flexibility index (Phi) is 13.4. The molecule has 0 aromatic heterocycles. The van der Waals surface area contributed by atoms with Gasteiger partial charge in [-0.3, -0.25) is 19.2 Å². The number of aldehydes is 1. The van der Waals surface area contributed by atoms with Gasteiger partial charge in [-0.15, -0.1) is 0 Å². The van der Waals surface area contributed by atoms with Gasteiger partial charge in [-0.25, -0.2) is 0 Å². The van der Waals surface area contributed by atoms with Gasteiger partial charge in [0.1, 0.15) is 18.4 Å². The summed E-state index contributed by atoms with van der Waals surface area (Å²) in [4.78, 5) is 65.8. The van der Waals surface area contributed by atoms with Gasteiger partial charge in [-0.2, -0.15) is 0 Å². The number of hydrogen-bond donors (Lipinski definition) is 4. The highest BCUT2D eigenvalue weighted by molar-refractivity contribution is 5.94. The van der Waals surface area contributed by atoms with Gasteiger partial charge in [-0.1, -0.05) is 64.3 Å². The molecule has 3 rings (SSSR count). The van der Waals surface area contributed by atoms with Gasteiger partial charge in [-0.05, 0) is 69.0 Å². The molecule has 0 unspecified atom stereocenters. The summed E-state index contributed by atoms with van der Waals surface area (Å²) >= 11 is 0. The van der Waals surface area contributed by atoms with Crippen molar-refractivity contribution in [3.05, 3.63) is 35.4 Å². The molecule has 4 amide bonds. The standard InChI is InChI=1S/C34H53N5O5/c1-23(35-5)31(42)38-30(34(2,3)4)33(44)39-22-25(36-29(41)19-10-8-6-7-9-13-20-40)21-28(39)32(43)37-27-18-14-16-24-15-11-12-17-26(24)27/h11-12,15,17,20,23,25,27-28,30,35H,6-10,13-14,16,18-19,21-22H2,1-5H3,(H,36,41)(H,37,43)(H,38,42)/t23-,25-,27+,28-,30+/m0/s1. The van der Waals surface area contributed by atoms with Crippen molar-refractivity contribution in [2.75, 3.05) is 13.6 Å². The topological polar surface area (TPSA) is 137 Å². The fourth-order valence-electron chi connectivity index (χ4n) is 6.16. The molecule has 1 heterocycles. The second-order valence-corrected chi connectivity index (χ2v) is 13.4. The number of fused-ring (bicyclic) bond motifs is 1. The average Bonchev–Trinajstić information content (AvgIpc) is 3.42. The second kappa shape index (κ2) is 16.7. The van der Waals surface area contributed by atoms with E-state index in [0.29, 0.717) is 19.3 Å². The van der Waals surface area contributed by atoms with Crippen LogP contribution in [0.5, 0.6) is 0 Å². The Labute approximate surface area is 262 Å². The van der Waals surface area contributed by atoms with Crippen molar-refractivity contribution in [2.45, 2.75) is 129 Å². The van der Waals surface area contributed by atoms with E-state index in [4.69, 9.17) is 0 Å². The zero-order chi connectivity index (χ0) is 32.3. The van der Waals surface area contributed by atoms with Gasteiger partial charge in [0.05, 0.1) is 12.1 Å². The highest BCUT2D eigenvalue weighted by Crippen LogP contribution is 2.31. The summed E-state index contributed by atoms with van der Waals surface area (Å²) in [6.45, 7) is 7.59. The molecule has 1 aromatic rings. The predicted octanol–water partition coefficient (Wildman–Crippen LogP) is 3.33. The quantitative estimate of drug-likeness (QED) is 0.177. The predicted molar refractivity (Wildman–Crippen MR) is 171 cm³/mol. The van der Waals surface area contributed by atoms with Crippen LogP contribution < -0.4 is 21.3 Å². The number of hydrogen-bond acceptors (Lipinski definition) is 6. The number of carbonyl (C=O) groups excluding carboxylic acids is 5. The molecule has 244 valence electrons. The summed E-state index contributed by atoms with van der Waals surface area (Å²) in [5.41, 5.74) is 1.72. The molecule has 1 aromatic carbocycles. The van der Waals surface area contributed by atoms with E-state index in [2.05, 4.69) is 33.4 Å². The van der Waals surface area contributed by atoms with E-state index in [9.17, 15) is 24.0 Å². The maximum absolute atomic E-state index is 14.2. The summed E-state index contributed by atoms with van der Waals surface area (Å²) in [5.74, 6) is -0.961. The van der Waals surface area contributed by atoms with E-state index >= 15 is 0 Å². The number of aryl methyl sites for hydroxylation is 1. The summed E-state index contributed by atoms with van der Waals surface area (Å²) in [7, 11) is 1.68. The minimum atomic E-state index is -0.856. The lowest BCUT2D eigenvalue weighted by atomic mass is 9.85. The van der Waals surface area contributed by atoms with Crippen LogP contribution in [0.4, 0.5) is 0 Å². The van der Waals surface area contributed by atoms with Crippen LogP contribution in [-0.2, 0) is 30.4 Å².